The lowest BCUT2D eigenvalue weighted by atomic mass is 10.0. The maximum absolute atomic E-state index is 12.5. The van der Waals surface area contributed by atoms with Gasteiger partial charge < -0.3 is 10.7 Å². The fourth-order valence-corrected chi connectivity index (χ4v) is 6.22. The van der Waals surface area contributed by atoms with Gasteiger partial charge in [-0.15, -0.1) is 11.3 Å². The molecule has 2 aliphatic rings. The number of aromatic nitrogens is 2. The van der Waals surface area contributed by atoms with Crippen LogP contribution >= 0.6 is 11.3 Å². The van der Waals surface area contributed by atoms with E-state index in [1.165, 1.54) is 4.31 Å². The fourth-order valence-electron chi connectivity index (χ4n) is 3.78. The monoisotopic (exact) mass is 441 g/mol. The predicted molar refractivity (Wildman–Crippen MR) is 126 cm³/mol. The van der Waals surface area contributed by atoms with E-state index in [2.05, 4.69) is 65.3 Å². The molecule has 158 valence electrons. The molecule has 3 unspecified atom stereocenters. The lowest BCUT2D eigenvalue weighted by Crippen LogP contribution is -2.47. The highest BCUT2D eigenvalue weighted by molar-refractivity contribution is 7.83. The van der Waals surface area contributed by atoms with Crippen molar-refractivity contribution in [3.05, 3.63) is 58.8 Å². The number of H-pyrrole nitrogens is 1. The molecule has 6 nitrogen and oxygen atoms in total. The summed E-state index contributed by atoms with van der Waals surface area (Å²) in [5.41, 5.74) is 8.68. The lowest BCUT2D eigenvalue weighted by molar-refractivity contribution is 0.522. The summed E-state index contributed by atoms with van der Waals surface area (Å²) in [5, 5.41) is 0. The lowest BCUT2D eigenvalue weighted by Gasteiger charge is -2.33. The highest BCUT2D eigenvalue weighted by Crippen LogP contribution is 2.40. The van der Waals surface area contributed by atoms with Gasteiger partial charge in [-0.3, -0.25) is 4.31 Å². The summed E-state index contributed by atoms with van der Waals surface area (Å²) in [6.07, 6.45) is 13.7. The van der Waals surface area contributed by atoms with Crippen molar-refractivity contribution in [3.63, 3.8) is 0 Å². The number of nitrogens with one attached hydrogen (secondary N) is 1. The van der Waals surface area contributed by atoms with E-state index in [9.17, 15) is 4.21 Å². The predicted octanol–water partition coefficient (Wildman–Crippen LogP) is 4.12. The van der Waals surface area contributed by atoms with E-state index in [-0.39, 0.29) is 0 Å². The molecule has 0 saturated carbocycles. The van der Waals surface area contributed by atoms with Gasteiger partial charge in [0.05, 0.1) is 22.5 Å². The molecule has 0 amide bonds. The zero-order chi connectivity index (χ0) is 21.5. The van der Waals surface area contributed by atoms with Crippen LogP contribution in [0.1, 0.15) is 36.4 Å². The fraction of sp³-hybridized carbons (Fsp3) is 0.364. The van der Waals surface area contributed by atoms with Crippen LogP contribution in [0.5, 0.6) is 0 Å². The Bertz CT molecular complexity index is 1110. The van der Waals surface area contributed by atoms with Gasteiger partial charge in [0.15, 0.2) is 0 Å². The number of thiophene rings is 1. The molecule has 0 aromatic carbocycles. The molecule has 2 aromatic heterocycles. The van der Waals surface area contributed by atoms with Crippen molar-refractivity contribution >= 4 is 33.9 Å². The van der Waals surface area contributed by atoms with Crippen molar-refractivity contribution in [1.29, 1.82) is 0 Å². The zero-order valence-electron chi connectivity index (χ0n) is 17.7. The van der Waals surface area contributed by atoms with Crippen molar-refractivity contribution in [3.8, 4) is 10.7 Å². The maximum atomic E-state index is 12.5. The van der Waals surface area contributed by atoms with E-state index in [1.54, 1.807) is 18.4 Å². The van der Waals surface area contributed by atoms with E-state index in [0.717, 1.165) is 38.8 Å². The Labute approximate surface area is 183 Å². The van der Waals surface area contributed by atoms with Crippen LogP contribution in [0.15, 0.2) is 47.6 Å². The Hall–Kier alpha value is -2.45. The van der Waals surface area contributed by atoms with Crippen LogP contribution in [0.4, 0.5) is 0 Å². The van der Waals surface area contributed by atoms with Crippen LogP contribution in [-0.4, -0.2) is 37.2 Å². The molecule has 2 aromatic rings. The van der Waals surface area contributed by atoms with E-state index in [4.69, 9.17) is 5.73 Å². The quantitative estimate of drug-likeness (QED) is 0.748. The molecule has 0 radical (unpaired) electrons. The van der Waals surface area contributed by atoms with Crippen molar-refractivity contribution in [1.82, 2.24) is 14.3 Å². The first-order valence-electron chi connectivity index (χ1n) is 10.0. The largest absolute Gasteiger partial charge is 0.369 e. The molecule has 0 saturated heterocycles. The smallest absolute Gasteiger partial charge is 0.204 e. The number of imidazole rings is 1. The third kappa shape index (κ3) is 3.81. The number of nitrogens with zero attached hydrogens (tertiary/aromatic N) is 3. The number of aryl methyl sites for hydroxylation is 1. The normalized spacial score (nSPS) is 26.5. The molecular weight excluding hydrogens is 414 g/mol. The highest BCUT2D eigenvalue weighted by Gasteiger charge is 2.38. The molecule has 0 fully saturated rings. The molecule has 1 aliphatic carbocycles. The molecule has 0 spiro atoms. The standard InChI is InChI=1S/C22H27N5OS2/c1-5-15-8-6-7-9-16(11-15)17-12-24-20(25-17)18-10-14(2)19(29-18)22(3)13-30(28)27(4)21(23)26-22/h6-12,15H,5,13H2,1-4H3,(H2,23,26)(H,24,25). The van der Waals surface area contributed by atoms with Crippen LogP contribution in [0.25, 0.3) is 16.3 Å². The van der Waals surface area contributed by atoms with Gasteiger partial charge in [0, 0.05) is 11.9 Å². The second kappa shape index (κ2) is 8.00. The minimum atomic E-state index is -1.19. The molecule has 4 rings (SSSR count). The number of guanidine groups is 1. The zero-order valence-corrected chi connectivity index (χ0v) is 19.3. The first-order valence-corrected chi connectivity index (χ1v) is 12.1. The van der Waals surface area contributed by atoms with Gasteiger partial charge in [-0.2, -0.15) is 0 Å². The number of rotatable bonds is 4. The minimum absolute atomic E-state index is 0.308. The Morgan fingerprint density at radius 3 is 2.97 bits per heavy atom. The summed E-state index contributed by atoms with van der Waals surface area (Å²) in [7, 11) is 0.515. The topological polar surface area (TPSA) is 87.4 Å². The first-order chi connectivity index (χ1) is 14.3. The first kappa shape index (κ1) is 20.8. The Morgan fingerprint density at radius 1 is 1.43 bits per heavy atom. The van der Waals surface area contributed by atoms with Crippen LogP contribution in [-0.2, 0) is 16.5 Å². The van der Waals surface area contributed by atoms with Crippen molar-refractivity contribution in [2.75, 3.05) is 12.8 Å². The van der Waals surface area contributed by atoms with Crippen LogP contribution < -0.4 is 5.73 Å². The third-order valence-electron chi connectivity index (χ3n) is 5.53. The van der Waals surface area contributed by atoms with Crippen molar-refractivity contribution in [2.24, 2.45) is 16.6 Å². The summed E-state index contributed by atoms with van der Waals surface area (Å²) < 4.78 is 14.0. The van der Waals surface area contributed by atoms with Crippen molar-refractivity contribution < 1.29 is 4.21 Å². The number of hydrogen-bond donors (Lipinski definition) is 2. The summed E-state index contributed by atoms with van der Waals surface area (Å²) >= 11 is 1.63. The molecule has 3 heterocycles. The average Bonchev–Trinajstić information content (AvgIpc) is 3.27. The number of allylic oxidation sites excluding steroid dienone is 6. The van der Waals surface area contributed by atoms with Crippen LogP contribution in [0, 0.1) is 12.8 Å². The van der Waals surface area contributed by atoms with Crippen molar-refractivity contribution in [2.45, 2.75) is 32.7 Å². The maximum Gasteiger partial charge on any atom is 0.204 e. The number of aromatic amines is 1. The summed E-state index contributed by atoms with van der Waals surface area (Å²) in [6, 6.07) is 2.12. The van der Waals surface area contributed by atoms with Gasteiger partial charge in [0.1, 0.15) is 22.3 Å². The van der Waals surface area contributed by atoms with E-state index < -0.39 is 16.5 Å². The molecule has 1 aliphatic heterocycles. The Morgan fingerprint density at radius 2 is 2.23 bits per heavy atom. The summed E-state index contributed by atoms with van der Waals surface area (Å²) in [6.45, 7) is 6.25. The van der Waals surface area contributed by atoms with E-state index >= 15 is 0 Å². The Balaban J connectivity index is 1.67. The van der Waals surface area contributed by atoms with Gasteiger partial charge in [-0.05, 0) is 43.4 Å². The Kier molecular flexibility index (Phi) is 5.55. The average molecular weight is 442 g/mol. The van der Waals surface area contributed by atoms with Gasteiger partial charge >= 0.3 is 0 Å². The van der Waals surface area contributed by atoms with Gasteiger partial charge in [-0.25, -0.2) is 14.2 Å². The van der Waals surface area contributed by atoms with Crippen LogP contribution in [0.3, 0.4) is 0 Å². The summed E-state index contributed by atoms with van der Waals surface area (Å²) in [5.74, 6) is 1.98. The minimum Gasteiger partial charge on any atom is -0.369 e. The second-order valence-electron chi connectivity index (χ2n) is 7.91. The van der Waals surface area contributed by atoms with E-state index in [1.807, 2.05) is 13.1 Å². The molecule has 0 bridgehead atoms. The summed E-state index contributed by atoms with van der Waals surface area (Å²) in [4.78, 5) is 14.9. The number of nitrogens with two attached hydrogens (primary N) is 1. The number of aliphatic imine (C=N–C) groups is 1. The number of hydrogen-bond acceptors (Lipinski definition) is 5. The molecule has 3 N–H and O–H groups in total. The highest BCUT2D eigenvalue weighted by atomic mass is 32.2. The molecule has 8 heteroatoms. The van der Waals surface area contributed by atoms with Gasteiger partial charge in [0.2, 0.25) is 5.96 Å². The van der Waals surface area contributed by atoms with Crippen LogP contribution in [0.2, 0.25) is 0 Å². The third-order valence-corrected chi connectivity index (χ3v) is 8.64. The van der Waals surface area contributed by atoms with E-state index in [0.29, 0.717) is 17.6 Å². The molecule has 3 atom stereocenters. The molecular formula is C22H27N5OS2. The second-order valence-corrected chi connectivity index (χ2v) is 10.4. The van der Waals surface area contributed by atoms with Gasteiger partial charge in [-0.1, -0.05) is 37.3 Å². The van der Waals surface area contributed by atoms with Gasteiger partial charge in [0.25, 0.3) is 0 Å². The molecule has 30 heavy (non-hydrogen) atoms. The SMILES string of the molecule is CCC1C=CC=CC(c2cnc(-c3cc(C)c(C4(C)CS(=O)N(C)C(N)=N4)s3)[nH]2)=C1.